The molecule has 0 fully saturated rings. The molecular formula is C24H23FN2O3. The number of benzene rings is 3. The number of carbonyl (C=O) groups is 2. The number of halogens is 1. The molecule has 0 saturated carbocycles. The highest BCUT2D eigenvalue weighted by atomic mass is 19.1. The molecule has 0 aliphatic rings. The van der Waals surface area contributed by atoms with Crippen molar-refractivity contribution in [1.82, 2.24) is 10.6 Å². The molecule has 6 heteroatoms. The lowest BCUT2D eigenvalue weighted by Crippen LogP contribution is -2.48. The van der Waals surface area contributed by atoms with Gasteiger partial charge in [0, 0.05) is 13.0 Å². The number of rotatable bonds is 8. The third kappa shape index (κ3) is 6.74. The van der Waals surface area contributed by atoms with Crippen LogP contribution in [0.1, 0.15) is 16.7 Å². The molecule has 0 aliphatic heterocycles. The summed E-state index contributed by atoms with van der Waals surface area (Å²) in [6.45, 7) is 0.340. The van der Waals surface area contributed by atoms with Gasteiger partial charge in [0.05, 0.1) is 0 Å². The monoisotopic (exact) mass is 406 g/mol. The minimum absolute atomic E-state index is 0.113. The van der Waals surface area contributed by atoms with E-state index in [9.17, 15) is 14.0 Å². The normalized spacial score (nSPS) is 11.4. The molecule has 0 unspecified atom stereocenters. The summed E-state index contributed by atoms with van der Waals surface area (Å²) < 4.78 is 18.3. The van der Waals surface area contributed by atoms with E-state index in [1.807, 2.05) is 60.7 Å². The molecular weight excluding hydrogens is 383 g/mol. The molecule has 0 bridgehead atoms. The van der Waals surface area contributed by atoms with Crippen LogP contribution in [0.15, 0.2) is 84.9 Å². The van der Waals surface area contributed by atoms with Gasteiger partial charge in [-0.2, -0.15) is 0 Å². The Balaban J connectivity index is 1.60. The lowest BCUT2D eigenvalue weighted by atomic mass is 10.1. The molecule has 2 amide bonds. The summed E-state index contributed by atoms with van der Waals surface area (Å²) in [5.41, 5.74) is 2.52. The molecule has 3 aromatic carbocycles. The molecule has 0 saturated heterocycles. The van der Waals surface area contributed by atoms with Gasteiger partial charge in [0.1, 0.15) is 18.5 Å². The summed E-state index contributed by atoms with van der Waals surface area (Å²) >= 11 is 0. The fourth-order valence-corrected chi connectivity index (χ4v) is 2.88. The molecule has 5 nitrogen and oxygen atoms in total. The van der Waals surface area contributed by atoms with E-state index in [4.69, 9.17) is 4.74 Å². The first-order chi connectivity index (χ1) is 14.6. The zero-order chi connectivity index (χ0) is 21.2. The van der Waals surface area contributed by atoms with Gasteiger partial charge in [-0.05, 0) is 28.8 Å². The van der Waals surface area contributed by atoms with Crippen molar-refractivity contribution in [3.63, 3.8) is 0 Å². The van der Waals surface area contributed by atoms with Crippen LogP contribution in [0.3, 0.4) is 0 Å². The van der Waals surface area contributed by atoms with E-state index in [0.29, 0.717) is 6.42 Å². The van der Waals surface area contributed by atoms with E-state index in [2.05, 4.69) is 10.6 Å². The Hall–Kier alpha value is -3.67. The number of nitrogens with one attached hydrogen (secondary N) is 2. The Morgan fingerprint density at radius 1 is 0.800 bits per heavy atom. The standard InChI is InChI=1S/C24H23FN2O3/c25-21-13-11-19(12-14-21)16-26-23(28)22(15-18-7-3-1-4-8-18)27-24(29)30-17-20-9-5-2-6-10-20/h1-14,22H,15-17H2,(H,26,28)(H,27,29)/t22-/m0/s1. The van der Waals surface area contributed by atoms with Crippen molar-refractivity contribution in [3.05, 3.63) is 107 Å². The molecule has 0 radical (unpaired) electrons. The number of carbonyl (C=O) groups excluding carboxylic acids is 2. The van der Waals surface area contributed by atoms with E-state index in [-0.39, 0.29) is 24.9 Å². The molecule has 0 spiro atoms. The summed E-state index contributed by atoms with van der Waals surface area (Å²) in [4.78, 5) is 25.0. The summed E-state index contributed by atoms with van der Waals surface area (Å²) in [7, 11) is 0. The lowest BCUT2D eigenvalue weighted by molar-refractivity contribution is -0.123. The number of hydrogen-bond donors (Lipinski definition) is 2. The largest absolute Gasteiger partial charge is 0.445 e. The van der Waals surface area contributed by atoms with E-state index in [1.54, 1.807) is 12.1 Å². The fourth-order valence-electron chi connectivity index (χ4n) is 2.88. The molecule has 0 aromatic heterocycles. The number of hydrogen-bond acceptors (Lipinski definition) is 3. The van der Waals surface area contributed by atoms with Crippen LogP contribution in [0.4, 0.5) is 9.18 Å². The highest BCUT2D eigenvalue weighted by Crippen LogP contribution is 2.07. The van der Waals surface area contributed by atoms with Gasteiger partial charge >= 0.3 is 6.09 Å². The summed E-state index contributed by atoms with van der Waals surface area (Å²) in [6, 6.07) is 23.8. The molecule has 3 aromatic rings. The van der Waals surface area contributed by atoms with Gasteiger partial charge in [-0.1, -0.05) is 72.8 Å². The maximum atomic E-state index is 13.0. The average molecular weight is 406 g/mol. The predicted molar refractivity (Wildman–Crippen MR) is 112 cm³/mol. The van der Waals surface area contributed by atoms with Gasteiger partial charge in [-0.3, -0.25) is 4.79 Å². The third-order valence-electron chi connectivity index (χ3n) is 4.48. The zero-order valence-corrected chi connectivity index (χ0v) is 16.4. The van der Waals surface area contributed by atoms with Gasteiger partial charge in [-0.15, -0.1) is 0 Å². The third-order valence-corrected chi connectivity index (χ3v) is 4.48. The van der Waals surface area contributed by atoms with Crippen molar-refractivity contribution in [2.75, 3.05) is 0 Å². The van der Waals surface area contributed by atoms with Crippen molar-refractivity contribution in [3.8, 4) is 0 Å². The topological polar surface area (TPSA) is 67.4 Å². The predicted octanol–water partition coefficient (Wildman–Crippen LogP) is 3.98. The van der Waals surface area contributed by atoms with Crippen LogP contribution in [0, 0.1) is 5.82 Å². The first-order valence-corrected chi connectivity index (χ1v) is 9.63. The number of alkyl carbamates (subject to hydrolysis) is 1. The van der Waals surface area contributed by atoms with Gasteiger partial charge in [0.2, 0.25) is 5.91 Å². The second kappa shape index (κ2) is 10.8. The second-order valence-electron chi connectivity index (χ2n) is 6.79. The van der Waals surface area contributed by atoms with E-state index < -0.39 is 12.1 Å². The first kappa shape index (κ1) is 21.0. The Morgan fingerprint density at radius 2 is 1.40 bits per heavy atom. The second-order valence-corrected chi connectivity index (χ2v) is 6.79. The molecule has 0 heterocycles. The maximum Gasteiger partial charge on any atom is 0.408 e. The maximum absolute atomic E-state index is 13.0. The van der Waals surface area contributed by atoms with Crippen LogP contribution in [0.5, 0.6) is 0 Å². The van der Waals surface area contributed by atoms with Crippen molar-refractivity contribution >= 4 is 12.0 Å². The van der Waals surface area contributed by atoms with Gasteiger partial charge in [-0.25, -0.2) is 9.18 Å². The summed E-state index contributed by atoms with van der Waals surface area (Å²) in [5.74, 6) is -0.685. The quantitative estimate of drug-likeness (QED) is 0.595. The van der Waals surface area contributed by atoms with Crippen molar-refractivity contribution in [2.45, 2.75) is 25.6 Å². The molecule has 3 rings (SSSR count). The van der Waals surface area contributed by atoms with E-state index >= 15 is 0 Å². The number of amides is 2. The minimum Gasteiger partial charge on any atom is -0.445 e. The molecule has 2 N–H and O–H groups in total. The molecule has 1 atom stereocenters. The van der Waals surface area contributed by atoms with Gasteiger partial charge in [0.25, 0.3) is 0 Å². The zero-order valence-electron chi connectivity index (χ0n) is 16.4. The lowest BCUT2D eigenvalue weighted by Gasteiger charge is -2.19. The van der Waals surface area contributed by atoms with E-state index in [0.717, 1.165) is 16.7 Å². The van der Waals surface area contributed by atoms with E-state index in [1.165, 1.54) is 12.1 Å². The van der Waals surface area contributed by atoms with Crippen molar-refractivity contribution in [1.29, 1.82) is 0 Å². The Morgan fingerprint density at radius 3 is 2.03 bits per heavy atom. The number of ether oxygens (including phenoxy) is 1. The Bertz CT molecular complexity index is 947. The van der Waals surface area contributed by atoms with Gasteiger partial charge in [0.15, 0.2) is 0 Å². The highest BCUT2D eigenvalue weighted by molar-refractivity contribution is 5.85. The average Bonchev–Trinajstić information content (AvgIpc) is 2.78. The fraction of sp³-hybridized carbons (Fsp3) is 0.167. The van der Waals surface area contributed by atoms with Crippen LogP contribution in [0.25, 0.3) is 0 Å². The smallest absolute Gasteiger partial charge is 0.408 e. The van der Waals surface area contributed by atoms with Gasteiger partial charge < -0.3 is 15.4 Å². The molecule has 0 aliphatic carbocycles. The Labute approximate surface area is 174 Å². The highest BCUT2D eigenvalue weighted by Gasteiger charge is 2.22. The minimum atomic E-state index is -0.809. The molecule has 154 valence electrons. The van der Waals surface area contributed by atoms with Crippen LogP contribution in [-0.4, -0.2) is 18.0 Å². The first-order valence-electron chi connectivity index (χ1n) is 9.63. The van der Waals surface area contributed by atoms with Crippen LogP contribution >= 0.6 is 0 Å². The van der Waals surface area contributed by atoms with Crippen molar-refractivity contribution in [2.24, 2.45) is 0 Å². The summed E-state index contributed by atoms with van der Waals surface area (Å²) in [5, 5.41) is 5.43. The summed E-state index contributed by atoms with van der Waals surface area (Å²) in [6.07, 6.45) is -0.354. The Kier molecular flexibility index (Phi) is 7.55. The van der Waals surface area contributed by atoms with Crippen LogP contribution in [0.2, 0.25) is 0 Å². The molecule has 30 heavy (non-hydrogen) atoms. The van der Waals surface area contributed by atoms with Crippen LogP contribution in [-0.2, 0) is 29.1 Å². The van der Waals surface area contributed by atoms with Crippen LogP contribution < -0.4 is 10.6 Å². The SMILES string of the molecule is O=C(N[C@@H](Cc1ccccc1)C(=O)NCc1ccc(F)cc1)OCc1ccccc1. The van der Waals surface area contributed by atoms with Crippen molar-refractivity contribution < 1.29 is 18.7 Å².